The Balaban J connectivity index is 1.83. The molecule has 1 heteroatoms. The highest BCUT2D eigenvalue weighted by Crippen LogP contribution is 2.33. The minimum Gasteiger partial charge on any atom is -0.508 e. The Bertz CT molecular complexity index is 1300. The lowest BCUT2D eigenvalue weighted by atomic mass is 9.85. The van der Waals surface area contributed by atoms with Gasteiger partial charge >= 0.3 is 0 Å². The number of benzene rings is 4. The highest BCUT2D eigenvalue weighted by Gasteiger charge is 2.18. The van der Waals surface area contributed by atoms with Gasteiger partial charge in [0.15, 0.2) is 0 Å². The molecule has 0 fully saturated rings. The van der Waals surface area contributed by atoms with Gasteiger partial charge in [0.25, 0.3) is 0 Å². The zero-order valence-electron chi connectivity index (χ0n) is 22.9. The maximum absolute atomic E-state index is 11.3. The van der Waals surface area contributed by atoms with E-state index in [-0.39, 0.29) is 0 Å². The number of aryl methyl sites for hydroxylation is 3. The molecule has 0 radical (unpaired) electrons. The Labute approximate surface area is 224 Å². The summed E-state index contributed by atoms with van der Waals surface area (Å²) in [7, 11) is 0. The van der Waals surface area contributed by atoms with E-state index in [4.69, 9.17) is 0 Å². The van der Waals surface area contributed by atoms with Crippen LogP contribution in [-0.2, 0) is 38.5 Å². The Hall–Kier alpha value is -3.32. The molecule has 0 aromatic heterocycles. The van der Waals surface area contributed by atoms with Gasteiger partial charge < -0.3 is 5.11 Å². The lowest BCUT2D eigenvalue weighted by Crippen LogP contribution is -2.07. The first-order valence-corrected chi connectivity index (χ1v) is 14.2. The lowest BCUT2D eigenvalue weighted by Gasteiger charge is -2.20. The quantitative estimate of drug-likeness (QED) is 0.210. The molecule has 0 saturated heterocycles. The molecule has 0 bridgehead atoms. The molecule has 4 aromatic carbocycles. The van der Waals surface area contributed by atoms with Crippen LogP contribution < -0.4 is 0 Å². The van der Waals surface area contributed by atoms with Crippen molar-refractivity contribution in [2.75, 3.05) is 0 Å². The Kier molecular flexibility index (Phi) is 9.60. The van der Waals surface area contributed by atoms with Crippen LogP contribution in [-0.4, -0.2) is 5.11 Å². The summed E-state index contributed by atoms with van der Waals surface area (Å²) in [5.74, 6) is 0.417. The number of hydrogen-bond acceptors (Lipinski definition) is 1. The second kappa shape index (κ2) is 13.3. The molecule has 1 N–H and O–H groups in total. The maximum Gasteiger partial charge on any atom is 0.119 e. The average molecular weight is 491 g/mol. The van der Waals surface area contributed by atoms with Gasteiger partial charge in [-0.25, -0.2) is 0 Å². The van der Waals surface area contributed by atoms with Crippen LogP contribution in [0.15, 0.2) is 84.9 Å². The molecule has 0 heterocycles. The van der Waals surface area contributed by atoms with E-state index in [1.54, 1.807) is 0 Å². The minimum atomic E-state index is 0.417. The summed E-state index contributed by atoms with van der Waals surface area (Å²) >= 11 is 0. The normalized spacial score (nSPS) is 11.1. The summed E-state index contributed by atoms with van der Waals surface area (Å²) in [5, 5.41) is 11.3. The van der Waals surface area contributed by atoms with Crippen molar-refractivity contribution < 1.29 is 5.11 Å². The van der Waals surface area contributed by atoms with Crippen molar-refractivity contribution in [2.24, 2.45) is 0 Å². The van der Waals surface area contributed by atoms with Gasteiger partial charge in [0.05, 0.1) is 0 Å². The van der Waals surface area contributed by atoms with E-state index >= 15 is 0 Å². The van der Waals surface area contributed by atoms with Crippen molar-refractivity contribution in [3.8, 4) is 5.75 Å². The van der Waals surface area contributed by atoms with Crippen LogP contribution in [0.2, 0.25) is 0 Å². The van der Waals surface area contributed by atoms with Crippen LogP contribution in [0.1, 0.15) is 90.1 Å². The Morgan fingerprint density at radius 3 is 1.22 bits per heavy atom. The zero-order valence-corrected chi connectivity index (χ0v) is 22.9. The SMILES string of the molecule is CCCc1ccccc1Cc1ccc(O)c(Cc2ccccc2CCC)c1Cc1ccccc1CCC. The van der Waals surface area contributed by atoms with Gasteiger partial charge in [-0.2, -0.15) is 0 Å². The number of rotatable bonds is 12. The van der Waals surface area contributed by atoms with Crippen LogP contribution in [0.25, 0.3) is 0 Å². The maximum atomic E-state index is 11.3. The molecule has 0 spiro atoms. The molecule has 0 unspecified atom stereocenters. The second-order valence-electron chi connectivity index (χ2n) is 10.3. The Morgan fingerprint density at radius 1 is 0.405 bits per heavy atom. The number of hydrogen-bond donors (Lipinski definition) is 1. The summed E-state index contributed by atoms with van der Waals surface area (Å²) in [6, 6.07) is 30.6. The molecule has 0 saturated carbocycles. The summed E-state index contributed by atoms with van der Waals surface area (Å²) in [5.41, 5.74) is 12.0. The third-order valence-corrected chi connectivity index (χ3v) is 7.53. The van der Waals surface area contributed by atoms with E-state index in [0.717, 1.165) is 63.4 Å². The van der Waals surface area contributed by atoms with Crippen LogP contribution in [0.3, 0.4) is 0 Å². The lowest BCUT2D eigenvalue weighted by molar-refractivity contribution is 0.468. The van der Waals surface area contributed by atoms with Crippen molar-refractivity contribution >= 4 is 0 Å². The van der Waals surface area contributed by atoms with Gasteiger partial charge in [0.2, 0.25) is 0 Å². The average Bonchev–Trinajstić information content (AvgIpc) is 2.91. The summed E-state index contributed by atoms with van der Waals surface area (Å²) in [6.07, 6.45) is 9.14. The molecule has 1 nitrogen and oxygen atoms in total. The van der Waals surface area contributed by atoms with Gasteiger partial charge in [-0.05, 0) is 82.7 Å². The second-order valence-corrected chi connectivity index (χ2v) is 10.3. The van der Waals surface area contributed by atoms with E-state index in [1.807, 2.05) is 6.07 Å². The predicted molar refractivity (Wildman–Crippen MR) is 158 cm³/mol. The van der Waals surface area contributed by atoms with Crippen LogP contribution in [0, 0.1) is 0 Å². The fourth-order valence-corrected chi connectivity index (χ4v) is 5.63. The van der Waals surface area contributed by atoms with E-state index < -0.39 is 0 Å². The Morgan fingerprint density at radius 2 is 0.784 bits per heavy atom. The summed E-state index contributed by atoms with van der Waals surface area (Å²) < 4.78 is 0. The van der Waals surface area contributed by atoms with Crippen LogP contribution in [0.5, 0.6) is 5.75 Å². The fraction of sp³-hybridized carbons (Fsp3) is 0.333. The van der Waals surface area contributed by atoms with Gasteiger partial charge in [-0.3, -0.25) is 0 Å². The van der Waals surface area contributed by atoms with Gasteiger partial charge in [-0.1, -0.05) is 119 Å². The van der Waals surface area contributed by atoms with Gasteiger partial charge in [0.1, 0.15) is 5.75 Å². The largest absolute Gasteiger partial charge is 0.508 e. The molecule has 37 heavy (non-hydrogen) atoms. The molecule has 0 atom stereocenters. The summed E-state index contributed by atoms with van der Waals surface area (Å²) in [6.45, 7) is 6.73. The predicted octanol–water partition coefficient (Wildman–Crippen LogP) is 9.02. The number of phenolic OH excluding ortho intramolecular Hbond substituents is 1. The van der Waals surface area contributed by atoms with E-state index in [9.17, 15) is 5.11 Å². The zero-order chi connectivity index (χ0) is 26.0. The molecule has 4 rings (SSSR count). The highest BCUT2D eigenvalue weighted by atomic mass is 16.3. The molecule has 0 aliphatic carbocycles. The summed E-state index contributed by atoms with van der Waals surface area (Å²) in [4.78, 5) is 0. The first kappa shape index (κ1) is 26.7. The standard InChI is InChI=1S/C36H42O/c1-4-13-27-16-7-10-19-30(27)24-33-22-23-36(37)35(26-32-21-12-9-18-29(32)15-6-3)34(33)25-31-20-11-8-17-28(31)14-5-2/h7-12,16-23,37H,4-6,13-15,24-26H2,1-3H3. The highest BCUT2D eigenvalue weighted by molar-refractivity contribution is 5.52. The smallest absolute Gasteiger partial charge is 0.119 e. The topological polar surface area (TPSA) is 20.2 Å². The van der Waals surface area contributed by atoms with Crippen LogP contribution >= 0.6 is 0 Å². The fourth-order valence-electron chi connectivity index (χ4n) is 5.63. The number of phenols is 1. The molecule has 0 aliphatic heterocycles. The van der Waals surface area contributed by atoms with Gasteiger partial charge in [-0.15, -0.1) is 0 Å². The molecular weight excluding hydrogens is 448 g/mol. The molecule has 192 valence electrons. The molecule has 0 amide bonds. The van der Waals surface area contributed by atoms with E-state index in [2.05, 4.69) is 99.6 Å². The number of aromatic hydroxyl groups is 1. The minimum absolute atomic E-state index is 0.417. The molecule has 4 aromatic rings. The monoisotopic (exact) mass is 490 g/mol. The van der Waals surface area contributed by atoms with E-state index in [0.29, 0.717) is 5.75 Å². The van der Waals surface area contributed by atoms with Gasteiger partial charge in [0, 0.05) is 12.0 Å². The third-order valence-electron chi connectivity index (χ3n) is 7.53. The van der Waals surface area contributed by atoms with Crippen molar-refractivity contribution in [2.45, 2.75) is 78.6 Å². The first-order valence-electron chi connectivity index (χ1n) is 14.2. The van der Waals surface area contributed by atoms with E-state index in [1.165, 1.54) is 44.5 Å². The van der Waals surface area contributed by atoms with Crippen molar-refractivity contribution in [3.63, 3.8) is 0 Å². The van der Waals surface area contributed by atoms with Crippen molar-refractivity contribution in [1.29, 1.82) is 0 Å². The molecular formula is C36H42O. The van der Waals surface area contributed by atoms with Crippen molar-refractivity contribution in [1.82, 2.24) is 0 Å². The van der Waals surface area contributed by atoms with Crippen molar-refractivity contribution in [3.05, 3.63) is 135 Å². The first-order chi connectivity index (χ1) is 18.1. The van der Waals surface area contributed by atoms with Crippen LogP contribution in [0.4, 0.5) is 0 Å². The third kappa shape index (κ3) is 6.72. The molecule has 0 aliphatic rings.